The molecule has 0 rings (SSSR count). The van der Waals surface area contributed by atoms with E-state index in [0.717, 1.165) is 96.3 Å². The molecule has 0 radical (unpaired) electrons. The predicted molar refractivity (Wildman–Crippen MR) is 416 cm³/mol. The first kappa shape index (κ1) is 92.9. The van der Waals surface area contributed by atoms with Crippen LogP contribution >= 0.6 is 7.82 Å². The summed E-state index contributed by atoms with van der Waals surface area (Å²) in [5.41, 5.74) is 0. The van der Waals surface area contributed by atoms with Crippen LogP contribution in [0.3, 0.4) is 0 Å². The molecular weight excluding hydrogens is 1210 g/mol. The van der Waals surface area contributed by atoms with Crippen molar-refractivity contribution in [1.29, 1.82) is 0 Å². The van der Waals surface area contributed by atoms with Crippen LogP contribution in [-0.2, 0) is 32.7 Å². The maximum atomic E-state index is 12.9. The van der Waals surface area contributed by atoms with Gasteiger partial charge in [-0.25, -0.2) is 0 Å². The van der Waals surface area contributed by atoms with Crippen LogP contribution in [0, 0.1) is 0 Å². The molecule has 558 valence electrons. The molecule has 0 bridgehead atoms. The first-order chi connectivity index (χ1) is 47.0. The van der Waals surface area contributed by atoms with Crippen molar-refractivity contribution in [3.63, 3.8) is 0 Å². The highest BCUT2D eigenvalue weighted by Crippen LogP contribution is 2.38. The third-order valence-electron chi connectivity index (χ3n) is 18.1. The van der Waals surface area contributed by atoms with E-state index in [1.807, 2.05) is 21.1 Å². The lowest BCUT2D eigenvalue weighted by atomic mass is 10.0. The molecule has 10 heteroatoms. The number of quaternary nitrogens is 1. The second-order valence-corrected chi connectivity index (χ2v) is 30.2. The van der Waals surface area contributed by atoms with Gasteiger partial charge in [0.25, 0.3) is 7.82 Å². The Balaban J connectivity index is 3.95. The fourth-order valence-corrected chi connectivity index (χ4v) is 12.6. The molecule has 0 fully saturated rings. The number of ether oxygens (including phenoxy) is 2. The van der Waals surface area contributed by atoms with Gasteiger partial charge in [-0.2, -0.15) is 0 Å². The van der Waals surface area contributed by atoms with Crippen molar-refractivity contribution in [3.05, 3.63) is 97.2 Å². The molecule has 0 aromatic rings. The third-order valence-corrected chi connectivity index (χ3v) is 19.1. The number of rotatable bonds is 76. The van der Waals surface area contributed by atoms with Crippen LogP contribution in [0.2, 0.25) is 0 Å². The van der Waals surface area contributed by atoms with E-state index in [9.17, 15) is 19.0 Å². The third kappa shape index (κ3) is 79.9. The van der Waals surface area contributed by atoms with Crippen LogP contribution in [0.5, 0.6) is 0 Å². The maximum Gasteiger partial charge on any atom is 0.306 e. The number of esters is 2. The Morgan fingerprint density at radius 3 is 0.885 bits per heavy atom. The van der Waals surface area contributed by atoms with E-state index in [2.05, 4.69) is 111 Å². The van der Waals surface area contributed by atoms with E-state index < -0.39 is 26.5 Å². The van der Waals surface area contributed by atoms with Gasteiger partial charge in [0.1, 0.15) is 19.8 Å². The molecule has 9 nitrogen and oxygen atoms in total. The number of carbonyl (C=O) groups excluding carboxylic acids is 2. The zero-order valence-corrected chi connectivity index (χ0v) is 64.7. The number of hydrogen-bond acceptors (Lipinski definition) is 8. The summed E-state index contributed by atoms with van der Waals surface area (Å²) in [6.07, 6.45) is 107. The Morgan fingerprint density at radius 2 is 0.594 bits per heavy atom. The van der Waals surface area contributed by atoms with Gasteiger partial charge in [-0.15, -0.1) is 0 Å². The number of phosphoric ester groups is 1. The molecular formula is C86H156NO8P. The largest absolute Gasteiger partial charge is 0.756 e. The molecule has 0 aliphatic heterocycles. The number of hydrogen-bond donors (Lipinski definition) is 0. The standard InChI is InChI=1S/C86H156NO8P/c1-6-8-10-12-14-16-18-20-22-24-26-28-30-32-34-36-38-40-41-42-43-44-45-47-48-50-52-54-56-58-60-62-64-66-68-70-72-74-76-78-85(88)92-82-84(83-94-96(90,91)93-81-80-87(3,4)5)95-86(89)79-77-75-73-71-69-67-65-63-61-59-57-55-53-51-49-46-39-37-35-33-31-29-27-25-23-21-19-17-15-13-11-9-7-2/h9,11,15,17,21,23,27,29,33,35,39,46,51,53,57,59,84H,6-8,10,12-14,16,18-20,22,24-26,28,30-32,34,36-38,40-45,47-50,52,54-56,58,60-83H2,1-5H3/b11-9-,17-15-,23-21-,29-27-,35-33-,46-39-,53-51-,59-57-. The van der Waals surface area contributed by atoms with Gasteiger partial charge in [0, 0.05) is 12.8 Å². The Bertz CT molecular complexity index is 1940. The topological polar surface area (TPSA) is 111 Å². The smallest absolute Gasteiger partial charge is 0.306 e. The summed E-state index contributed by atoms with van der Waals surface area (Å²) in [5.74, 6) is -0.832. The monoisotopic (exact) mass is 1360 g/mol. The molecule has 0 heterocycles. The summed E-state index contributed by atoms with van der Waals surface area (Å²) < 4.78 is 34.4. The highest BCUT2D eigenvalue weighted by Gasteiger charge is 2.22. The van der Waals surface area contributed by atoms with Crippen LogP contribution in [0.4, 0.5) is 0 Å². The molecule has 0 aliphatic rings. The number of phosphoric acid groups is 1. The van der Waals surface area contributed by atoms with E-state index in [4.69, 9.17) is 18.5 Å². The zero-order valence-electron chi connectivity index (χ0n) is 63.8. The summed E-state index contributed by atoms with van der Waals surface area (Å²) in [4.78, 5) is 38.2. The summed E-state index contributed by atoms with van der Waals surface area (Å²) in [5, 5.41) is 0. The molecule has 96 heavy (non-hydrogen) atoms. The van der Waals surface area contributed by atoms with Crippen molar-refractivity contribution in [3.8, 4) is 0 Å². The lowest BCUT2D eigenvalue weighted by Crippen LogP contribution is -2.37. The van der Waals surface area contributed by atoms with Crippen molar-refractivity contribution < 1.29 is 42.1 Å². The zero-order chi connectivity index (χ0) is 69.7. The minimum absolute atomic E-state index is 0.0351. The fourth-order valence-electron chi connectivity index (χ4n) is 11.9. The van der Waals surface area contributed by atoms with Gasteiger partial charge >= 0.3 is 11.9 Å². The van der Waals surface area contributed by atoms with Crippen molar-refractivity contribution in [2.75, 3.05) is 47.5 Å². The van der Waals surface area contributed by atoms with Crippen molar-refractivity contribution in [2.45, 2.75) is 392 Å². The Labute approximate surface area is 595 Å². The molecule has 0 amide bonds. The Hall–Kier alpha value is -3.07. The van der Waals surface area contributed by atoms with Gasteiger partial charge in [-0.3, -0.25) is 14.2 Å². The normalized spacial score (nSPS) is 13.5. The second kappa shape index (κ2) is 76.1. The number of nitrogens with zero attached hydrogens (tertiary/aromatic N) is 1. The number of unbranched alkanes of at least 4 members (excludes halogenated alkanes) is 46. The Kier molecular flexibility index (Phi) is 73.7. The SMILES string of the molecule is CC/C=C\C/C=C\C/C=C\C/C=C\C/C=C\C/C=C\C/C=C\C/C=C\CCCCCCCCCCC(=O)OC(COC(=O)CCCCCCCCCCCCCCCCCCCCCCCCCCCCCCCCCCCCCCCCC)COP(=O)([O-])OCC[N+](C)(C)C. The maximum absolute atomic E-state index is 12.9. The molecule has 0 saturated heterocycles. The molecule has 0 N–H and O–H groups in total. The van der Waals surface area contributed by atoms with Gasteiger partial charge in [0.05, 0.1) is 27.7 Å². The van der Waals surface area contributed by atoms with Gasteiger partial charge in [0.15, 0.2) is 6.10 Å². The van der Waals surface area contributed by atoms with Crippen LogP contribution in [0.15, 0.2) is 97.2 Å². The van der Waals surface area contributed by atoms with Crippen LogP contribution in [0.25, 0.3) is 0 Å². The molecule has 0 spiro atoms. The van der Waals surface area contributed by atoms with Crippen LogP contribution in [-0.4, -0.2) is 70.0 Å². The summed E-state index contributed by atoms with van der Waals surface area (Å²) >= 11 is 0. The average Bonchev–Trinajstić information content (AvgIpc) is 1.48. The summed E-state index contributed by atoms with van der Waals surface area (Å²) in [6, 6.07) is 0. The van der Waals surface area contributed by atoms with E-state index in [1.165, 1.54) is 257 Å². The van der Waals surface area contributed by atoms with Gasteiger partial charge in [0.2, 0.25) is 0 Å². The molecule has 0 aromatic heterocycles. The fraction of sp³-hybridized carbons (Fsp3) is 0.791. The molecule has 0 aliphatic carbocycles. The second-order valence-electron chi connectivity index (χ2n) is 28.8. The predicted octanol–water partition coefficient (Wildman–Crippen LogP) is 26.8. The van der Waals surface area contributed by atoms with Gasteiger partial charge in [-0.1, -0.05) is 394 Å². The minimum atomic E-state index is -4.65. The number of likely N-dealkylation sites (N-methyl/N-ethyl adjacent to an activating group) is 1. The van der Waals surface area contributed by atoms with Gasteiger partial charge in [-0.05, 0) is 77.0 Å². The highest BCUT2D eigenvalue weighted by atomic mass is 31.2. The van der Waals surface area contributed by atoms with Gasteiger partial charge < -0.3 is 27.9 Å². The Morgan fingerprint density at radius 1 is 0.333 bits per heavy atom. The first-order valence-electron chi connectivity index (χ1n) is 40.9. The number of carbonyl (C=O) groups is 2. The minimum Gasteiger partial charge on any atom is -0.756 e. The van der Waals surface area contributed by atoms with E-state index >= 15 is 0 Å². The summed E-state index contributed by atoms with van der Waals surface area (Å²) in [7, 11) is 1.16. The number of allylic oxidation sites excluding steroid dienone is 16. The lowest BCUT2D eigenvalue weighted by Gasteiger charge is -2.28. The van der Waals surface area contributed by atoms with E-state index in [1.54, 1.807) is 0 Å². The molecule has 0 saturated carbocycles. The summed E-state index contributed by atoms with van der Waals surface area (Å²) in [6.45, 7) is 4.17. The van der Waals surface area contributed by atoms with Crippen LogP contribution < -0.4 is 4.89 Å². The molecule has 2 atom stereocenters. The highest BCUT2D eigenvalue weighted by molar-refractivity contribution is 7.45. The first-order valence-corrected chi connectivity index (χ1v) is 42.4. The van der Waals surface area contributed by atoms with E-state index in [-0.39, 0.29) is 32.0 Å². The molecule has 2 unspecified atom stereocenters. The lowest BCUT2D eigenvalue weighted by molar-refractivity contribution is -0.870. The van der Waals surface area contributed by atoms with Crippen molar-refractivity contribution >= 4 is 19.8 Å². The van der Waals surface area contributed by atoms with Crippen LogP contribution in [0.1, 0.15) is 386 Å². The van der Waals surface area contributed by atoms with Crippen molar-refractivity contribution in [2.24, 2.45) is 0 Å². The quantitative estimate of drug-likeness (QED) is 0.0195. The van der Waals surface area contributed by atoms with Crippen molar-refractivity contribution in [1.82, 2.24) is 0 Å². The van der Waals surface area contributed by atoms with E-state index in [0.29, 0.717) is 17.4 Å². The average molecular weight is 1360 g/mol. The molecule has 0 aromatic carbocycles.